The molecule has 0 amide bonds. The summed E-state index contributed by atoms with van der Waals surface area (Å²) in [4.78, 5) is 33.6. The Morgan fingerprint density at radius 1 is 1.16 bits per heavy atom. The van der Waals surface area contributed by atoms with Gasteiger partial charge in [-0.3, -0.25) is 9.36 Å². The maximum Gasteiger partial charge on any atom is 0.387 e. The summed E-state index contributed by atoms with van der Waals surface area (Å²) in [5.41, 5.74) is 2.38. The van der Waals surface area contributed by atoms with Gasteiger partial charge in [-0.25, -0.2) is 9.79 Å². The van der Waals surface area contributed by atoms with E-state index >= 15 is 0 Å². The number of esters is 1. The number of anilines is 1. The molecule has 0 saturated carbocycles. The first-order valence-electron chi connectivity index (χ1n) is 11.8. The number of ether oxygens (including phenoxy) is 2. The number of rotatable bonds is 8. The number of aromatic nitrogens is 1. The van der Waals surface area contributed by atoms with Crippen molar-refractivity contribution in [2.45, 2.75) is 33.4 Å². The molecule has 0 bridgehead atoms. The Bertz CT molecular complexity index is 1510. The van der Waals surface area contributed by atoms with Crippen molar-refractivity contribution in [1.29, 1.82) is 0 Å². The Morgan fingerprint density at radius 3 is 2.46 bits per heavy atom. The van der Waals surface area contributed by atoms with Crippen LogP contribution in [-0.4, -0.2) is 37.3 Å². The Hall–Kier alpha value is -3.79. The fourth-order valence-corrected chi connectivity index (χ4v) is 5.45. The molecule has 3 aromatic rings. The van der Waals surface area contributed by atoms with Crippen molar-refractivity contribution < 1.29 is 23.0 Å². The fraction of sp³-hybridized carbons (Fsp3) is 0.296. The summed E-state index contributed by atoms with van der Waals surface area (Å²) in [7, 11) is 1.29. The lowest BCUT2D eigenvalue weighted by Gasteiger charge is -2.26. The molecule has 194 valence electrons. The number of hydrogen-bond acceptors (Lipinski definition) is 7. The van der Waals surface area contributed by atoms with Gasteiger partial charge in [0.15, 0.2) is 4.80 Å². The third kappa shape index (κ3) is 5.20. The van der Waals surface area contributed by atoms with Gasteiger partial charge in [0.25, 0.3) is 5.56 Å². The second-order valence-electron chi connectivity index (χ2n) is 8.25. The number of carbonyl (C=O) groups excluding carboxylic acids is 1. The standard InChI is InChI=1S/C27H27F2N3O4S/c1-5-31(6-2)19-13-11-17(12-14-19)23-22(25(34)35-4)16(3)30-27-32(23)24(33)21(37-27)15-18-9-7-8-10-20(18)36-26(28)29/h7-15,23,26H,5-6H2,1-4H3/b21-15+/t23-/m1/s1. The summed E-state index contributed by atoms with van der Waals surface area (Å²) in [6, 6.07) is 13.2. The van der Waals surface area contributed by atoms with Gasteiger partial charge in [-0.2, -0.15) is 8.78 Å². The molecule has 0 N–H and O–H groups in total. The van der Waals surface area contributed by atoms with Crippen molar-refractivity contribution in [3.05, 3.63) is 90.6 Å². The lowest BCUT2D eigenvalue weighted by Crippen LogP contribution is -2.39. The Labute approximate surface area is 216 Å². The number of alkyl halides is 2. The van der Waals surface area contributed by atoms with E-state index in [-0.39, 0.29) is 15.9 Å². The number of allylic oxidation sites excluding steroid dienone is 1. The first-order valence-corrected chi connectivity index (χ1v) is 12.6. The van der Waals surface area contributed by atoms with Crippen molar-refractivity contribution in [2.75, 3.05) is 25.1 Å². The summed E-state index contributed by atoms with van der Waals surface area (Å²) in [6.45, 7) is 4.53. The molecule has 4 rings (SSSR count). The molecule has 2 aromatic carbocycles. The Kier molecular flexibility index (Phi) is 7.87. The van der Waals surface area contributed by atoms with E-state index in [2.05, 4.69) is 28.5 Å². The van der Waals surface area contributed by atoms with Crippen LogP contribution in [0, 0.1) is 0 Å². The van der Waals surface area contributed by atoms with Crippen LogP contribution < -0.4 is 24.5 Å². The summed E-state index contributed by atoms with van der Waals surface area (Å²) in [5, 5.41) is 0. The van der Waals surface area contributed by atoms with E-state index in [4.69, 9.17) is 4.74 Å². The van der Waals surface area contributed by atoms with E-state index in [0.29, 0.717) is 16.1 Å². The van der Waals surface area contributed by atoms with Crippen LogP contribution in [0.2, 0.25) is 0 Å². The molecule has 10 heteroatoms. The second kappa shape index (κ2) is 11.1. The minimum absolute atomic E-state index is 0.0432. The normalized spacial score (nSPS) is 15.4. The number of thiazole rings is 1. The molecule has 1 atom stereocenters. The van der Waals surface area contributed by atoms with Crippen molar-refractivity contribution in [3.8, 4) is 5.75 Å². The second-order valence-corrected chi connectivity index (χ2v) is 9.26. The van der Waals surface area contributed by atoms with Crippen LogP contribution in [0.15, 0.2) is 69.6 Å². The van der Waals surface area contributed by atoms with Gasteiger partial charge >= 0.3 is 12.6 Å². The number of halogens is 2. The Balaban J connectivity index is 1.90. The van der Waals surface area contributed by atoms with Gasteiger partial charge in [0, 0.05) is 24.3 Å². The smallest absolute Gasteiger partial charge is 0.387 e. The van der Waals surface area contributed by atoms with Gasteiger partial charge in [-0.05, 0) is 50.6 Å². The van der Waals surface area contributed by atoms with E-state index in [0.717, 1.165) is 35.7 Å². The monoisotopic (exact) mass is 527 g/mol. The molecule has 0 radical (unpaired) electrons. The van der Waals surface area contributed by atoms with Crippen molar-refractivity contribution in [3.63, 3.8) is 0 Å². The predicted octanol–water partition coefficient (Wildman–Crippen LogP) is 3.86. The summed E-state index contributed by atoms with van der Waals surface area (Å²) < 4.78 is 37.2. The first kappa shape index (κ1) is 26.3. The average molecular weight is 528 g/mol. The summed E-state index contributed by atoms with van der Waals surface area (Å²) in [5.74, 6) is -0.623. The van der Waals surface area contributed by atoms with E-state index < -0.39 is 24.2 Å². The van der Waals surface area contributed by atoms with E-state index in [1.54, 1.807) is 25.1 Å². The molecule has 0 fully saturated rings. The molecule has 37 heavy (non-hydrogen) atoms. The van der Waals surface area contributed by atoms with E-state index in [9.17, 15) is 18.4 Å². The van der Waals surface area contributed by atoms with Crippen molar-refractivity contribution in [1.82, 2.24) is 4.57 Å². The quantitative estimate of drug-likeness (QED) is 0.416. The van der Waals surface area contributed by atoms with Crippen LogP contribution in [0.3, 0.4) is 0 Å². The van der Waals surface area contributed by atoms with Gasteiger partial charge < -0.3 is 14.4 Å². The minimum atomic E-state index is -3.00. The molecular weight excluding hydrogens is 500 g/mol. The first-order chi connectivity index (χ1) is 17.8. The van der Waals surface area contributed by atoms with Crippen LogP contribution >= 0.6 is 11.3 Å². The van der Waals surface area contributed by atoms with Crippen LogP contribution in [0.25, 0.3) is 6.08 Å². The number of methoxy groups -OCH3 is 1. The van der Waals surface area contributed by atoms with Gasteiger partial charge in [-0.15, -0.1) is 0 Å². The SMILES string of the molecule is CCN(CC)c1ccc([C@@H]2C(C(=O)OC)=C(C)N=c3s/c(=C/c4ccccc4OC(F)F)c(=O)n32)cc1. The lowest BCUT2D eigenvalue weighted by molar-refractivity contribution is -0.136. The highest BCUT2D eigenvalue weighted by atomic mass is 32.1. The average Bonchev–Trinajstić information content (AvgIpc) is 3.19. The number of benzene rings is 2. The van der Waals surface area contributed by atoms with Crippen molar-refractivity contribution >= 4 is 29.1 Å². The molecule has 1 aliphatic rings. The summed E-state index contributed by atoms with van der Waals surface area (Å²) in [6.07, 6.45) is 1.50. The van der Waals surface area contributed by atoms with Gasteiger partial charge in [-0.1, -0.05) is 41.7 Å². The topological polar surface area (TPSA) is 73.1 Å². The van der Waals surface area contributed by atoms with E-state index in [1.807, 2.05) is 24.3 Å². The molecule has 0 saturated heterocycles. The minimum Gasteiger partial charge on any atom is -0.466 e. The maximum absolute atomic E-state index is 13.7. The number of hydrogen-bond donors (Lipinski definition) is 0. The highest BCUT2D eigenvalue weighted by molar-refractivity contribution is 7.07. The van der Waals surface area contributed by atoms with Crippen molar-refractivity contribution in [2.24, 2.45) is 4.99 Å². The lowest BCUT2D eigenvalue weighted by atomic mass is 9.95. The van der Waals surface area contributed by atoms with Gasteiger partial charge in [0.1, 0.15) is 5.75 Å². The zero-order valence-corrected chi connectivity index (χ0v) is 21.7. The number of fused-ring (bicyclic) bond motifs is 1. The van der Waals surface area contributed by atoms with Crippen LogP contribution in [0.5, 0.6) is 5.75 Å². The third-order valence-electron chi connectivity index (χ3n) is 6.19. The molecule has 0 spiro atoms. The van der Waals surface area contributed by atoms with Crippen LogP contribution in [0.4, 0.5) is 14.5 Å². The molecule has 7 nitrogen and oxygen atoms in total. The zero-order chi connectivity index (χ0) is 26.7. The largest absolute Gasteiger partial charge is 0.466 e. The van der Waals surface area contributed by atoms with Crippen LogP contribution in [0.1, 0.15) is 37.9 Å². The third-order valence-corrected chi connectivity index (χ3v) is 7.17. The van der Waals surface area contributed by atoms with Gasteiger partial charge in [0.2, 0.25) is 0 Å². The molecule has 0 unspecified atom stereocenters. The number of para-hydroxylation sites is 1. The molecule has 0 aliphatic carbocycles. The van der Waals surface area contributed by atoms with Gasteiger partial charge in [0.05, 0.1) is 29.0 Å². The molecular formula is C27H27F2N3O4S. The van der Waals surface area contributed by atoms with E-state index in [1.165, 1.54) is 23.8 Å². The highest BCUT2D eigenvalue weighted by Gasteiger charge is 2.33. The fourth-order valence-electron chi connectivity index (χ4n) is 4.41. The number of nitrogens with zero attached hydrogens (tertiary/aromatic N) is 3. The molecule has 1 aliphatic heterocycles. The molecule has 2 heterocycles. The highest BCUT2D eigenvalue weighted by Crippen LogP contribution is 2.31. The molecule has 1 aromatic heterocycles. The number of carbonyl (C=O) groups is 1. The zero-order valence-electron chi connectivity index (χ0n) is 20.9. The predicted molar refractivity (Wildman–Crippen MR) is 139 cm³/mol. The van der Waals surface area contributed by atoms with Crippen LogP contribution in [-0.2, 0) is 9.53 Å². The maximum atomic E-state index is 13.7. The Morgan fingerprint density at radius 2 is 1.84 bits per heavy atom. The summed E-state index contributed by atoms with van der Waals surface area (Å²) >= 11 is 1.11.